The fraction of sp³-hybridized carbons (Fsp3) is 0.400. The summed E-state index contributed by atoms with van der Waals surface area (Å²) < 4.78 is 6.00. The van der Waals surface area contributed by atoms with Crippen LogP contribution < -0.4 is 15.5 Å². The van der Waals surface area contributed by atoms with Crippen LogP contribution in [0.1, 0.15) is 32.9 Å². The van der Waals surface area contributed by atoms with Gasteiger partial charge in [0.15, 0.2) is 5.82 Å². The number of nitrogens with one attached hydrogen (secondary N) is 2. The van der Waals surface area contributed by atoms with Crippen LogP contribution in [0.25, 0.3) is 10.2 Å². The van der Waals surface area contributed by atoms with E-state index in [9.17, 15) is 29.4 Å². The molecule has 0 aliphatic carbocycles. The van der Waals surface area contributed by atoms with Crippen LogP contribution in [0.5, 0.6) is 0 Å². The lowest BCUT2D eigenvalue weighted by Crippen LogP contribution is -2.44. The molecule has 2 fully saturated rings. The Morgan fingerprint density at radius 3 is 2.41 bits per heavy atom. The van der Waals surface area contributed by atoms with E-state index in [-0.39, 0.29) is 38.3 Å². The average Bonchev–Trinajstić information content (AvgIpc) is 3.50. The van der Waals surface area contributed by atoms with Crippen molar-refractivity contribution >= 4 is 62.6 Å². The number of fused-ring (bicyclic) bond motifs is 1. The van der Waals surface area contributed by atoms with E-state index < -0.39 is 18.0 Å². The van der Waals surface area contributed by atoms with Gasteiger partial charge >= 0.3 is 12.1 Å². The first-order chi connectivity index (χ1) is 18.7. The van der Waals surface area contributed by atoms with Gasteiger partial charge in [-0.25, -0.2) is 9.59 Å². The molecule has 0 bridgehead atoms. The molecule has 0 saturated carbocycles. The van der Waals surface area contributed by atoms with E-state index in [1.807, 2.05) is 6.07 Å². The second-order valence-electron chi connectivity index (χ2n) is 9.53. The van der Waals surface area contributed by atoms with Crippen molar-refractivity contribution in [2.24, 2.45) is 5.92 Å². The lowest BCUT2D eigenvalue weighted by Gasteiger charge is -2.34. The molecule has 4 N–H and O–H groups in total. The number of likely N-dealkylation sites (N-methyl/N-ethyl adjacent to an activating group) is 1. The van der Waals surface area contributed by atoms with E-state index in [1.165, 1.54) is 6.07 Å². The molecule has 13 nitrogen and oxygen atoms in total. The molecular weight excluding hydrogens is 528 g/mol. The van der Waals surface area contributed by atoms with Gasteiger partial charge in [0, 0.05) is 51.0 Å². The highest BCUT2D eigenvalue weighted by molar-refractivity contribution is 7.20. The van der Waals surface area contributed by atoms with Crippen molar-refractivity contribution in [2.75, 3.05) is 62.0 Å². The Hall–Kier alpha value is -4.01. The monoisotopic (exact) mass is 556 g/mol. The lowest BCUT2D eigenvalue weighted by atomic mass is 9.99. The van der Waals surface area contributed by atoms with Gasteiger partial charge in [-0.2, -0.15) is 4.68 Å². The minimum atomic E-state index is -1.42. The Kier molecular flexibility index (Phi) is 7.50. The van der Waals surface area contributed by atoms with Crippen LogP contribution in [0.4, 0.5) is 22.0 Å². The Bertz CT molecular complexity index is 1440. The van der Waals surface area contributed by atoms with Gasteiger partial charge in [0.05, 0.1) is 16.6 Å². The fourth-order valence-corrected chi connectivity index (χ4v) is 5.64. The summed E-state index contributed by atoms with van der Waals surface area (Å²) in [6, 6.07) is 6.47. The number of carbonyl (C=O) groups excluding carboxylic acids is 2. The number of carbonyl (C=O) groups is 4. The summed E-state index contributed by atoms with van der Waals surface area (Å²) >= 11 is 0.742. The van der Waals surface area contributed by atoms with E-state index in [4.69, 9.17) is 4.74 Å². The maximum atomic E-state index is 13.5. The van der Waals surface area contributed by atoms with Crippen molar-refractivity contribution in [2.45, 2.75) is 12.8 Å². The number of aromatic nitrogens is 2. The number of rotatable bonds is 6. The molecule has 0 radical (unpaired) electrons. The van der Waals surface area contributed by atoms with Gasteiger partial charge in [0.25, 0.3) is 5.91 Å². The maximum Gasteiger partial charge on any atom is 0.433 e. The fourth-order valence-electron chi connectivity index (χ4n) is 4.70. The number of hydrogen-bond acceptors (Lipinski definition) is 9. The Morgan fingerprint density at radius 2 is 1.74 bits per heavy atom. The zero-order valence-electron chi connectivity index (χ0n) is 21.2. The number of aromatic carboxylic acids is 1. The Morgan fingerprint density at radius 1 is 1.03 bits per heavy atom. The molecule has 2 saturated heterocycles. The molecule has 0 spiro atoms. The smallest absolute Gasteiger partial charge is 0.433 e. The number of thiophene rings is 1. The van der Waals surface area contributed by atoms with Crippen molar-refractivity contribution in [1.29, 1.82) is 0 Å². The van der Waals surface area contributed by atoms with Crippen LogP contribution in [0, 0.1) is 5.92 Å². The number of hydrogen-bond donors (Lipinski definition) is 4. The van der Waals surface area contributed by atoms with Gasteiger partial charge in [-0.3, -0.25) is 9.59 Å². The molecule has 2 aliphatic rings. The van der Waals surface area contributed by atoms with Crippen LogP contribution in [-0.4, -0.2) is 95.2 Å². The van der Waals surface area contributed by atoms with Crippen molar-refractivity contribution < 1.29 is 34.1 Å². The highest BCUT2D eigenvalue weighted by atomic mass is 32.1. The predicted octanol–water partition coefficient (Wildman–Crippen LogP) is 2.69. The van der Waals surface area contributed by atoms with Crippen LogP contribution >= 0.6 is 11.3 Å². The van der Waals surface area contributed by atoms with Crippen molar-refractivity contribution in [3.05, 3.63) is 34.7 Å². The lowest BCUT2D eigenvalue weighted by molar-refractivity contribution is -0.122. The second-order valence-corrected chi connectivity index (χ2v) is 10.6. The van der Waals surface area contributed by atoms with Crippen LogP contribution in [0.2, 0.25) is 0 Å². The molecule has 2 aliphatic heterocycles. The molecule has 14 heteroatoms. The van der Waals surface area contributed by atoms with Crippen molar-refractivity contribution in [1.82, 2.24) is 14.7 Å². The summed E-state index contributed by atoms with van der Waals surface area (Å²) in [5.74, 6) is -2.38. The van der Waals surface area contributed by atoms with E-state index in [0.717, 1.165) is 43.2 Å². The standard InChI is InChI=1S/C25H28N6O7S/c1-29-6-8-30(9-7-29)15-2-3-16(18(12-15)26-21(32)14-4-10-38-11-5-14)22(33)27-20-17-13-19(24(34)35)39-23(17)31(28-20)25(36)37/h2-3,12-14H,4-11H2,1H3,(H,26,32)(H,34,35)(H,36,37)(H,27,28,33). The number of carboxylic acids is 1. The maximum absolute atomic E-state index is 13.5. The number of piperazine rings is 1. The van der Waals surface area contributed by atoms with Gasteiger partial charge < -0.3 is 35.4 Å². The first kappa shape index (κ1) is 26.6. The molecule has 2 aromatic heterocycles. The first-order valence-corrected chi connectivity index (χ1v) is 13.3. The molecule has 1 aromatic carbocycles. The highest BCUT2D eigenvalue weighted by Crippen LogP contribution is 2.33. The van der Waals surface area contributed by atoms with E-state index >= 15 is 0 Å². The largest absolute Gasteiger partial charge is 0.477 e. The third-order valence-electron chi connectivity index (χ3n) is 6.95. The van der Waals surface area contributed by atoms with Gasteiger partial charge in [-0.15, -0.1) is 16.4 Å². The SMILES string of the molecule is CN1CCN(c2ccc(C(=O)Nc3nn(C(=O)O)c4sc(C(=O)O)cc34)c(NC(=O)C3CCOCC3)c2)CC1. The molecule has 5 rings (SSSR count). The summed E-state index contributed by atoms with van der Waals surface area (Å²) in [7, 11) is 2.06. The summed E-state index contributed by atoms with van der Waals surface area (Å²) in [6.07, 6.45) is -0.249. The van der Waals surface area contributed by atoms with Crippen LogP contribution in [0.3, 0.4) is 0 Å². The van der Waals surface area contributed by atoms with Gasteiger partial charge in [-0.05, 0) is 44.2 Å². The van der Waals surface area contributed by atoms with Crippen LogP contribution in [-0.2, 0) is 9.53 Å². The highest BCUT2D eigenvalue weighted by Gasteiger charge is 2.26. The number of benzene rings is 1. The summed E-state index contributed by atoms with van der Waals surface area (Å²) in [6.45, 7) is 4.34. The number of amides is 2. The minimum absolute atomic E-state index is 0.0775. The third kappa shape index (κ3) is 5.57. The molecule has 4 heterocycles. The Labute approximate surface area is 226 Å². The molecule has 39 heavy (non-hydrogen) atoms. The molecule has 2 amide bonds. The molecule has 3 aromatic rings. The zero-order valence-corrected chi connectivity index (χ0v) is 22.0. The topological polar surface area (TPSA) is 166 Å². The van der Waals surface area contributed by atoms with Crippen LogP contribution in [0.15, 0.2) is 24.3 Å². The molecule has 0 atom stereocenters. The molecule has 0 unspecified atom stereocenters. The quantitative estimate of drug-likeness (QED) is 0.354. The summed E-state index contributed by atoms with van der Waals surface area (Å²) in [4.78, 5) is 54.1. The number of anilines is 3. The minimum Gasteiger partial charge on any atom is -0.477 e. The number of nitrogens with zero attached hydrogens (tertiary/aromatic N) is 4. The number of carboxylic acid groups (broad SMARTS) is 2. The van der Waals surface area contributed by atoms with Crippen molar-refractivity contribution in [3.63, 3.8) is 0 Å². The first-order valence-electron chi connectivity index (χ1n) is 12.5. The zero-order chi connectivity index (χ0) is 27.7. The molecular formula is C25H28N6O7S. The normalized spacial score (nSPS) is 16.8. The summed E-state index contributed by atoms with van der Waals surface area (Å²) in [5, 5.41) is 28.6. The van der Waals surface area contributed by atoms with Gasteiger partial charge in [0.2, 0.25) is 5.91 Å². The number of ether oxygens (including phenoxy) is 1. The second kappa shape index (κ2) is 11.0. The van der Waals surface area contributed by atoms with E-state index in [2.05, 4.69) is 32.6 Å². The van der Waals surface area contributed by atoms with E-state index in [0.29, 0.717) is 36.4 Å². The predicted molar refractivity (Wildman–Crippen MR) is 144 cm³/mol. The van der Waals surface area contributed by atoms with Gasteiger partial charge in [-0.1, -0.05) is 0 Å². The molecule has 206 valence electrons. The Balaban J connectivity index is 1.46. The van der Waals surface area contributed by atoms with E-state index in [1.54, 1.807) is 12.1 Å². The third-order valence-corrected chi connectivity index (χ3v) is 8.05. The van der Waals surface area contributed by atoms with Crippen molar-refractivity contribution in [3.8, 4) is 0 Å². The summed E-state index contributed by atoms with van der Waals surface area (Å²) in [5.41, 5.74) is 1.36. The average molecular weight is 557 g/mol. The van der Waals surface area contributed by atoms with Gasteiger partial charge in [0.1, 0.15) is 9.71 Å².